The third-order valence-corrected chi connectivity index (χ3v) is 3.50. The van der Waals surface area contributed by atoms with Gasteiger partial charge in [0, 0.05) is 11.6 Å². The Labute approximate surface area is 120 Å². The van der Waals surface area contributed by atoms with Crippen molar-refractivity contribution in [2.45, 2.75) is 47.1 Å². The van der Waals surface area contributed by atoms with Gasteiger partial charge in [-0.1, -0.05) is 26.8 Å². The molecule has 0 aliphatic carbocycles. The normalized spacial score (nSPS) is 12.8. The number of hydrogen-bond donors (Lipinski definition) is 2. The van der Waals surface area contributed by atoms with Gasteiger partial charge in [-0.15, -0.1) is 0 Å². The molecule has 0 bridgehead atoms. The molecule has 0 heterocycles. The summed E-state index contributed by atoms with van der Waals surface area (Å²) in [5.41, 5.74) is 2.42. The Morgan fingerprint density at radius 3 is 2.25 bits per heavy atom. The van der Waals surface area contributed by atoms with E-state index in [1.165, 1.54) is 0 Å². The van der Waals surface area contributed by atoms with Gasteiger partial charge in [-0.25, -0.2) is 0 Å². The molecule has 110 valence electrons. The maximum Gasteiger partial charge on any atom is 0.305 e. The third-order valence-electron chi connectivity index (χ3n) is 3.50. The second-order valence-electron chi connectivity index (χ2n) is 6.29. The molecule has 0 saturated carbocycles. The Kier molecular flexibility index (Phi) is 4.93. The first kappa shape index (κ1) is 16.2. The van der Waals surface area contributed by atoms with Crippen LogP contribution in [0.15, 0.2) is 18.2 Å². The van der Waals surface area contributed by atoms with Gasteiger partial charge in [0.15, 0.2) is 0 Å². The SMILES string of the molecule is Cc1ccc(C(=O)NC(CC(=O)O)C(C)(C)C)cc1C. The lowest BCUT2D eigenvalue weighted by atomic mass is 9.84. The first-order valence-electron chi connectivity index (χ1n) is 6.71. The van der Waals surface area contributed by atoms with Crippen molar-refractivity contribution < 1.29 is 14.7 Å². The fraction of sp³-hybridized carbons (Fsp3) is 0.500. The lowest BCUT2D eigenvalue weighted by Gasteiger charge is -2.30. The summed E-state index contributed by atoms with van der Waals surface area (Å²) in [6.07, 6.45) is -0.0833. The summed E-state index contributed by atoms with van der Waals surface area (Å²) in [5, 5.41) is 11.8. The zero-order valence-corrected chi connectivity index (χ0v) is 12.8. The molecule has 1 aromatic rings. The van der Waals surface area contributed by atoms with E-state index in [2.05, 4.69) is 5.32 Å². The molecule has 0 aliphatic rings. The van der Waals surface area contributed by atoms with E-state index < -0.39 is 12.0 Å². The van der Waals surface area contributed by atoms with Crippen LogP contribution in [0.5, 0.6) is 0 Å². The molecule has 1 unspecified atom stereocenters. The second kappa shape index (κ2) is 6.07. The van der Waals surface area contributed by atoms with Crippen molar-refractivity contribution in [2.24, 2.45) is 5.41 Å². The standard InChI is InChI=1S/C16H23NO3/c1-10-6-7-12(8-11(10)2)15(20)17-13(9-14(18)19)16(3,4)5/h6-8,13H,9H2,1-5H3,(H,17,20)(H,18,19). The third kappa shape index (κ3) is 4.37. The molecule has 0 aliphatic heterocycles. The van der Waals surface area contributed by atoms with Gasteiger partial charge in [-0.3, -0.25) is 9.59 Å². The number of benzene rings is 1. The number of carboxylic acid groups (broad SMARTS) is 1. The van der Waals surface area contributed by atoms with Crippen molar-refractivity contribution in [3.8, 4) is 0 Å². The van der Waals surface area contributed by atoms with Crippen LogP contribution in [-0.4, -0.2) is 23.0 Å². The van der Waals surface area contributed by atoms with Gasteiger partial charge in [0.25, 0.3) is 5.91 Å². The Balaban J connectivity index is 2.90. The molecule has 2 N–H and O–H groups in total. The van der Waals surface area contributed by atoms with E-state index in [0.717, 1.165) is 11.1 Å². The van der Waals surface area contributed by atoms with E-state index in [1.54, 1.807) is 6.07 Å². The van der Waals surface area contributed by atoms with Crippen LogP contribution in [0.25, 0.3) is 0 Å². The molecule has 1 aromatic carbocycles. The highest BCUT2D eigenvalue weighted by Crippen LogP contribution is 2.22. The summed E-state index contributed by atoms with van der Waals surface area (Å²) >= 11 is 0. The van der Waals surface area contributed by atoms with Gasteiger partial charge in [0.2, 0.25) is 0 Å². The maximum atomic E-state index is 12.2. The van der Waals surface area contributed by atoms with Crippen molar-refractivity contribution in [2.75, 3.05) is 0 Å². The van der Waals surface area contributed by atoms with Crippen LogP contribution < -0.4 is 5.32 Å². The number of nitrogens with one attached hydrogen (secondary N) is 1. The zero-order chi connectivity index (χ0) is 15.5. The summed E-state index contributed by atoms with van der Waals surface area (Å²) in [6.45, 7) is 9.69. The van der Waals surface area contributed by atoms with Crippen molar-refractivity contribution >= 4 is 11.9 Å². The van der Waals surface area contributed by atoms with E-state index in [4.69, 9.17) is 5.11 Å². The molecule has 0 aromatic heterocycles. The number of hydrogen-bond acceptors (Lipinski definition) is 2. The number of rotatable bonds is 4. The number of carbonyl (C=O) groups is 2. The zero-order valence-electron chi connectivity index (χ0n) is 12.8. The Bertz CT molecular complexity index is 515. The van der Waals surface area contributed by atoms with E-state index in [1.807, 2.05) is 46.8 Å². The first-order valence-corrected chi connectivity index (χ1v) is 6.71. The quantitative estimate of drug-likeness (QED) is 0.889. The highest BCUT2D eigenvalue weighted by atomic mass is 16.4. The Hall–Kier alpha value is -1.84. The predicted molar refractivity (Wildman–Crippen MR) is 78.9 cm³/mol. The van der Waals surface area contributed by atoms with E-state index in [0.29, 0.717) is 5.56 Å². The van der Waals surface area contributed by atoms with Crippen LogP contribution >= 0.6 is 0 Å². The van der Waals surface area contributed by atoms with Crippen LogP contribution in [0, 0.1) is 19.3 Å². The number of aryl methyl sites for hydroxylation is 2. The number of carbonyl (C=O) groups excluding carboxylic acids is 1. The number of amides is 1. The van der Waals surface area contributed by atoms with Crippen LogP contribution in [0.2, 0.25) is 0 Å². The molecule has 0 saturated heterocycles. The minimum atomic E-state index is -0.912. The van der Waals surface area contributed by atoms with Gasteiger partial charge < -0.3 is 10.4 Å². The lowest BCUT2D eigenvalue weighted by Crippen LogP contribution is -2.45. The van der Waals surface area contributed by atoms with Crippen molar-refractivity contribution in [3.05, 3.63) is 34.9 Å². The molecule has 20 heavy (non-hydrogen) atoms. The molecular weight excluding hydrogens is 254 g/mol. The fourth-order valence-corrected chi connectivity index (χ4v) is 1.87. The van der Waals surface area contributed by atoms with E-state index >= 15 is 0 Å². The molecule has 1 atom stereocenters. The first-order chi connectivity index (χ1) is 9.11. The summed E-state index contributed by atoms with van der Waals surface area (Å²) in [6, 6.07) is 5.07. The summed E-state index contributed by atoms with van der Waals surface area (Å²) in [4.78, 5) is 23.2. The minimum Gasteiger partial charge on any atom is -0.481 e. The molecule has 1 rings (SSSR count). The lowest BCUT2D eigenvalue weighted by molar-refractivity contribution is -0.138. The summed E-state index contributed by atoms with van der Waals surface area (Å²) < 4.78 is 0. The number of carboxylic acids is 1. The van der Waals surface area contributed by atoms with Crippen LogP contribution in [0.1, 0.15) is 48.7 Å². The van der Waals surface area contributed by atoms with Gasteiger partial charge >= 0.3 is 5.97 Å². The van der Waals surface area contributed by atoms with Gasteiger partial charge in [0.05, 0.1) is 6.42 Å². The molecule has 0 spiro atoms. The smallest absolute Gasteiger partial charge is 0.305 e. The second-order valence-corrected chi connectivity index (χ2v) is 6.29. The Morgan fingerprint density at radius 1 is 1.20 bits per heavy atom. The topological polar surface area (TPSA) is 66.4 Å². The van der Waals surface area contributed by atoms with E-state index in [9.17, 15) is 9.59 Å². The highest BCUT2D eigenvalue weighted by Gasteiger charge is 2.28. The Morgan fingerprint density at radius 2 is 1.80 bits per heavy atom. The van der Waals surface area contributed by atoms with Crippen LogP contribution in [-0.2, 0) is 4.79 Å². The highest BCUT2D eigenvalue weighted by molar-refractivity contribution is 5.95. The van der Waals surface area contributed by atoms with Crippen molar-refractivity contribution in [1.82, 2.24) is 5.32 Å². The fourth-order valence-electron chi connectivity index (χ4n) is 1.87. The average molecular weight is 277 g/mol. The maximum absolute atomic E-state index is 12.2. The molecular formula is C16H23NO3. The molecule has 0 fully saturated rings. The number of aliphatic carboxylic acids is 1. The largest absolute Gasteiger partial charge is 0.481 e. The van der Waals surface area contributed by atoms with Crippen LogP contribution in [0.3, 0.4) is 0 Å². The molecule has 4 heteroatoms. The summed E-state index contributed by atoms with van der Waals surface area (Å²) in [7, 11) is 0. The average Bonchev–Trinajstić information content (AvgIpc) is 2.30. The van der Waals surface area contributed by atoms with Gasteiger partial charge in [-0.2, -0.15) is 0 Å². The van der Waals surface area contributed by atoms with Gasteiger partial charge in [0.1, 0.15) is 0 Å². The van der Waals surface area contributed by atoms with Gasteiger partial charge in [-0.05, 0) is 42.5 Å². The molecule has 0 radical (unpaired) electrons. The van der Waals surface area contributed by atoms with E-state index in [-0.39, 0.29) is 17.7 Å². The minimum absolute atomic E-state index is 0.0833. The van der Waals surface area contributed by atoms with Crippen molar-refractivity contribution in [3.63, 3.8) is 0 Å². The predicted octanol–water partition coefficient (Wildman–Crippen LogP) is 2.92. The van der Waals surface area contributed by atoms with Crippen molar-refractivity contribution in [1.29, 1.82) is 0 Å². The van der Waals surface area contributed by atoms with Crippen LogP contribution in [0.4, 0.5) is 0 Å². The summed E-state index contributed by atoms with van der Waals surface area (Å²) in [5.74, 6) is -1.14. The molecule has 1 amide bonds. The monoisotopic (exact) mass is 277 g/mol. The molecule has 4 nitrogen and oxygen atoms in total.